The van der Waals surface area contributed by atoms with Crippen molar-refractivity contribution in [2.24, 2.45) is 0 Å². The smallest absolute Gasteiger partial charge is 0.165 e. The number of hydrogen-bond acceptors (Lipinski definition) is 3. The SMILES string of the molecule is COc1ccc2c(Cl)cc(-c3ccc(OC(C)C)c(F)c3)nc2c1. The molecule has 3 aromatic rings. The molecule has 0 aliphatic heterocycles. The second-order valence-corrected chi connectivity index (χ2v) is 6.09. The van der Waals surface area contributed by atoms with Gasteiger partial charge in [-0.25, -0.2) is 9.37 Å². The molecule has 0 atom stereocenters. The Kier molecular flexibility index (Phi) is 4.58. The lowest BCUT2D eigenvalue weighted by molar-refractivity contribution is 0.231. The average molecular weight is 346 g/mol. The van der Waals surface area contributed by atoms with E-state index in [-0.39, 0.29) is 11.9 Å². The number of halogens is 2. The van der Waals surface area contributed by atoms with Gasteiger partial charge in [0.2, 0.25) is 0 Å². The average Bonchev–Trinajstić information content (AvgIpc) is 2.55. The highest BCUT2D eigenvalue weighted by Gasteiger charge is 2.11. The Balaban J connectivity index is 2.07. The summed E-state index contributed by atoms with van der Waals surface area (Å²) in [5.74, 6) is 0.488. The summed E-state index contributed by atoms with van der Waals surface area (Å²) in [6, 6.07) is 12.0. The lowest BCUT2D eigenvalue weighted by Gasteiger charge is -2.12. The molecule has 1 aromatic heterocycles. The summed E-state index contributed by atoms with van der Waals surface area (Å²) in [7, 11) is 1.59. The number of fused-ring (bicyclic) bond motifs is 1. The number of pyridine rings is 1. The van der Waals surface area contributed by atoms with Gasteiger partial charge < -0.3 is 9.47 Å². The zero-order valence-electron chi connectivity index (χ0n) is 13.6. The predicted octanol–water partition coefficient (Wildman–Crippen LogP) is 5.49. The summed E-state index contributed by atoms with van der Waals surface area (Å²) in [5.41, 5.74) is 1.92. The predicted molar refractivity (Wildman–Crippen MR) is 94.5 cm³/mol. The third-order valence-electron chi connectivity index (χ3n) is 3.56. The zero-order valence-corrected chi connectivity index (χ0v) is 14.4. The molecule has 124 valence electrons. The van der Waals surface area contributed by atoms with Crippen LogP contribution in [0.1, 0.15) is 13.8 Å². The summed E-state index contributed by atoms with van der Waals surface area (Å²) < 4.78 is 24.9. The highest BCUT2D eigenvalue weighted by molar-refractivity contribution is 6.35. The van der Waals surface area contributed by atoms with Crippen LogP contribution in [0.5, 0.6) is 11.5 Å². The second kappa shape index (κ2) is 6.65. The van der Waals surface area contributed by atoms with Crippen molar-refractivity contribution in [3.8, 4) is 22.8 Å². The van der Waals surface area contributed by atoms with E-state index in [1.807, 2.05) is 26.0 Å². The molecule has 3 rings (SSSR count). The molecule has 1 heterocycles. The number of rotatable bonds is 4. The number of benzene rings is 2. The first-order valence-corrected chi connectivity index (χ1v) is 7.96. The largest absolute Gasteiger partial charge is 0.497 e. The Bertz CT molecular complexity index is 896. The summed E-state index contributed by atoms with van der Waals surface area (Å²) in [5, 5.41) is 1.38. The number of aromatic nitrogens is 1. The molecule has 0 N–H and O–H groups in total. The highest BCUT2D eigenvalue weighted by Crippen LogP contribution is 2.32. The van der Waals surface area contributed by atoms with E-state index in [1.54, 1.807) is 31.4 Å². The molecule has 3 nitrogen and oxygen atoms in total. The Labute approximate surface area is 145 Å². The third-order valence-corrected chi connectivity index (χ3v) is 3.87. The normalized spacial score (nSPS) is 11.1. The van der Waals surface area contributed by atoms with E-state index in [1.165, 1.54) is 6.07 Å². The summed E-state index contributed by atoms with van der Waals surface area (Å²) in [4.78, 5) is 4.57. The third kappa shape index (κ3) is 3.29. The van der Waals surface area contributed by atoms with Gasteiger partial charge >= 0.3 is 0 Å². The van der Waals surface area contributed by atoms with Crippen LogP contribution >= 0.6 is 11.6 Å². The lowest BCUT2D eigenvalue weighted by atomic mass is 10.1. The molecule has 0 aliphatic rings. The van der Waals surface area contributed by atoms with Crippen LogP contribution in [0.25, 0.3) is 22.2 Å². The van der Waals surface area contributed by atoms with Gasteiger partial charge in [-0.1, -0.05) is 11.6 Å². The van der Waals surface area contributed by atoms with E-state index in [9.17, 15) is 4.39 Å². The molecule has 24 heavy (non-hydrogen) atoms. The van der Waals surface area contributed by atoms with Crippen molar-refractivity contribution < 1.29 is 13.9 Å². The fourth-order valence-corrected chi connectivity index (χ4v) is 2.71. The molecule has 0 bridgehead atoms. The second-order valence-electron chi connectivity index (χ2n) is 5.68. The fourth-order valence-electron chi connectivity index (χ4n) is 2.45. The first kappa shape index (κ1) is 16.5. The van der Waals surface area contributed by atoms with Gasteiger partial charge in [0.15, 0.2) is 11.6 Å². The first-order valence-electron chi connectivity index (χ1n) is 7.59. The molecule has 0 spiro atoms. The topological polar surface area (TPSA) is 31.4 Å². The molecule has 0 unspecified atom stereocenters. The van der Waals surface area contributed by atoms with Crippen molar-refractivity contribution in [1.29, 1.82) is 0 Å². The minimum Gasteiger partial charge on any atom is -0.497 e. The van der Waals surface area contributed by atoms with Crippen LogP contribution in [0, 0.1) is 5.82 Å². The quantitative estimate of drug-likeness (QED) is 0.626. The standard InChI is InChI=1S/C19H17ClFNO2/c1-11(2)24-19-7-4-12(8-16(19)21)17-10-15(20)14-6-5-13(23-3)9-18(14)22-17/h4-11H,1-3H3. The maximum Gasteiger partial charge on any atom is 0.165 e. The van der Waals surface area contributed by atoms with Gasteiger partial charge in [-0.05, 0) is 50.2 Å². The molecular formula is C19H17ClFNO2. The van der Waals surface area contributed by atoms with Gasteiger partial charge in [-0.2, -0.15) is 0 Å². The number of nitrogens with zero attached hydrogens (tertiary/aromatic N) is 1. The van der Waals surface area contributed by atoms with Crippen LogP contribution in [-0.4, -0.2) is 18.2 Å². The number of methoxy groups -OCH3 is 1. The van der Waals surface area contributed by atoms with Crippen LogP contribution in [0.4, 0.5) is 4.39 Å². The van der Waals surface area contributed by atoms with Crippen molar-refractivity contribution in [2.75, 3.05) is 7.11 Å². The summed E-state index contributed by atoms with van der Waals surface area (Å²) in [6.07, 6.45) is -0.0916. The van der Waals surface area contributed by atoms with E-state index >= 15 is 0 Å². The van der Waals surface area contributed by atoms with Crippen molar-refractivity contribution in [2.45, 2.75) is 20.0 Å². The Morgan fingerprint density at radius 2 is 1.88 bits per heavy atom. The lowest BCUT2D eigenvalue weighted by Crippen LogP contribution is -2.06. The van der Waals surface area contributed by atoms with E-state index in [0.717, 1.165) is 5.39 Å². The maximum atomic E-state index is 14.2. The zero-order chi connectivity index (χ0) is 17.3. The molecule has 5 heteroatoms. The minimum atomic E-state index is -0.426. The summed E-state index contributed by atoms with van der Waals surface area (Å²) >= 11 is 6.35. The van der Waals surface area contributed by atoms with Gasteiger partial charge in [0, 0.05) is 17.0 Å². The van der Waals surface area contributed by atoms with Crippen LogP contribution in [0.3, 0.4) is 0 Å². The monoisotopic (exact) mass is 345 g/mol. The number of ether oxygens (including phenoxy) is 2. The first-order chi connectivity index (χ1) is 11.5. The molecule has 0 saturated heterocycles. The van der Waals surface area contributed by atoms with E-state index in [2.05, 4.69) is 4.98 Å². The van der Waals surface area contributed by atoms with E-state index < -0.39 is 5.82 Å². The van der Waals surface area contributed by atoms with Gasteiger partial charge in [0.25, 0.3) is 0 Å². The molecule has 0 saturated carbocycles. The van der Waals surface area contributed by atoms with Gasteiger partial charge in [0.1, 0.15) is 5.75 Å². The Hall–Kier alpha value is -2.33. The van der Waals surface area contributed by atoms with Crippen molar-refractivity contribution in [1.82, 2.24) is 4.98 Å². The van der Waals surface area contributed by atoms with E-state index in [0.29, 0.717) is 27.5 Å². The van der Waals surface area contributed by atoms with Crippen LogP contribution < -0.4 is 9.47 Å². The molecule has 0 amide bonds. The van der Waals surface area contributed by atoms with Crippen molar-refractivity contribution >= 4 is 22.5 Å². The van der Waals surface area contributed by atoms with Crippen LogP contribution in [-0.2, 0) is 0 Å². The van der Waals surface area contributed by atoms with Gasteiger partial charge in [-0.15, -0.1) is 0 Å². The van der Waals surface area contributed by atoms with Crippen molar-refractivity contribution in [3.63, 3.8) is 0 Å². The fraction of sp³-hybridized carbons (Fsp3) is 0.211. The minimum absolute atomic E-state index is 0.0916. The Morgan fingerprint density at radius 1 is 1.08 bits per heavy atom. The highest BCUT2D eigenvalue weighted by atomic mass is 35.5. The molecule has 0 aliphatic carbocycles. The van der Waals surface area contributed by atoms with Gasteiger partial charge in [-0.3, -0.25) is 0 Å². The maximum absolute atomic E-state index is 14.2. The van der Waals surface area contributed by atoms with Crippen LogP contribution in [0.15, 0.2) is 42.5 Å². The summed E-state index contributed by atoms with van der Waals surface area (Å²) in [6.45, 7) is 3.71. The molecular weight excluding hydrogens is 329 g/mol. The molecule has 0 fully saturated rings. The molecule has 2 aromatic carbocycles. The van der Waals surface area contributed by atoms with Crippen molar-refractivity contribution in [3.05, 3.63) is 53.3 Å². The Morgan fingerprint density at radius 3 is 2.54 bits per heavy atom. The number of hydrogen-bond donors (Lipinski definition) is 0. The van der Waals surface area contributed by atoms with Crippen LogP contribution in [0.2, 0.25) is 5.02 Å². The van der Waals surface area contributed by atoms with Gasteiger partial charge in [0.05, 0.1) is 29.4 Å². The molecule has 0 radical (unpaired) electrons. The van der Waals surface area contributed by atoms with E-state index in [4.69, 9.17) is 21.1 Å².